The number of ketones is 1. The largest absolute Gasteiger partial charge is 0.367 e. The summed E-state index contributed by atoms with van der Waals surface area (Å²) in [4.78, 5) is 30.5. The number of carbonyl (C=O) groups is 1. The number of aryl methyl sites for hydroxylation is 1. The fourth-order valence-electron chi connectivity index (χ4n) is 4.59. The second kappa shape index (κ2) is 11.0. The van der Waals surface area contributed by atoms with Crippen molar-refractivity contribution in [3.8, 4) is 11.4 Å². The summed E-state index contributed by atoms with van der Waals surface area (Å²) in [6.07, 6.45) is 4.50. The summed E-state index contributed by atoms with van der Waals surface area (Å²) >= 11 is 7.26. The number of aromatic nitrogens is 4. The molecule has 0 aliphatic carbocycles. The minimum atomic E-state index is -0.0782. The van der Waals surface area contributed by atoms with Gasteiger partial charge in [-0.05, 0) is 50.2 Å². The Labute approximate surface area is 224 Å². The second-order valence-corrected chi connectivity index (χ2v) is 11.1. The number of pyridine rings is 1. The number of benzene rings is 1. The second-order valence-electron chi connectivity index (χ2n) is 9.38. The quantitative estimate of drug-likeness (QED) is 0.309. The molecule has 10 heteroatoms. The standard InChI is InChI=1S/C27H29ClN6O2S/c1-19(2)31-13-15-32(16-14-31)23-17-21(33-12-4-3-5-27(33)36)7-8-22(23)34-18-20(29-30-34)6-9-24(35)25-10-11-26(28)37-25/h3-5,7-8,10-12,17-19H,6,9,13-16H2,1-2H3. The molecule has 0 saturated carbocycles. The highest BCUT2D eigenvalue weighted by Crippen LogP contribution is 2.29. The Morgan fingerprint density at radius 3 is 2.57 bits per heavy atom. The van der Waals surface area contributed by atoms with Gasteiger partial charge >= 0.3 is 0 Å². The zero-order chi connectivity index (χ0) is 25.9. The van der Waals surface area contributed by atoms with Crippen molar-refractivity contribution in [3.05, 3.63) is 86.2 Å². The molecule has 0 atom stereocenters. The summed E-state index contributed by atoms with van der Waals surface area (Å²) in [6, 6.07) is 15.1. The van der Waals surface area contributed by atoms with Gasteiger partial charge < -0.3 is 4.90 Å². The molecule has 0 spiro atoms. The molecular formula is C27H29ClN6O2S. The number of hydrogen-bond acceptors (Lipinski definition) is 7. The molecule has 0 N–H and O–H groups in total. The molecule has 4 aromatic rings. The lowest BCUT2D eigenvalue weighted by Crippen LogP contribution is -2.49. The molecule has 1 saturated heterocycles. The van der Waals surface area contributed by atoms with E-state index in [0.717, 1.165) is 48.9 Å². The first kappa shape index (κ1) is 25.4. The van der Waals surface area contributed by atoms with Crippen LogP contribution < -0.4 is 10.5 Å². The lowest BCUT2D eigenvalue weighted by atomic mass is 10.1. The number of hydrogen-bond donors (Lipinski definition) is 0. The third-order valence-corrected chi connectivity index (χ3v) is 7.96. The normalized spacial score (nSPS) is 14.4. The molecular weight excluding hydrogens is 508 g/mol. The summed E-state index contributed by atoms with van der Waals surface area (Å²) in [5.74, 6) is 0.0489. The molecule has 5 rings (SSSR count). The van der Waals surface area contributed by atoms with Crippen LogP contribution in [0, 0.1) is 0 Å². The molecule has 0 radical (unpaired) electrons. The molecule has 4 heterocycles. The van der Waals surface area contributed by atoms with Crippen molar-refractivity contribution in [2.75, 3.05) is 31.1 Å². The maximum Gasteiger partial charge on any atom is 0.255 e. The van der Waals surface area contributed by atoms with Gasteiger partial charge in [0.25, 0.3) is 5.56 Å². The first-order chi connectivity index (χ1) is 17.9. The van der Waals surface area contributed by atoms with Crippen LogP contribution in [-0.4, -0.2) is 62.5 Å². The molecule has 0 amide bonds. The lowest BCUT2D eigenvalue weighted by Gasteiger charge is -2.38. The van der Waals surface area contributed by atoms with Crippen LogP contribution >= 0.6 is 22.9 Å². The van der Waals surface area contributed by atoms with Crippen LogP contribution in [0.4, 0.5) is 5.69 Å². The SMILES string of the molecule is CC(C)N1CCN(c2cc(-n3ccccc3=O)ccc2-n2cc(CCC(=O)c3ccc(Cl)s3)nn2)CC1. The van der Waals surface area contributed by atoms with E-state index >= 15 is 0 Å². The minimum Gasteiger partial charge on any atom is -0.367 e. The zero-order valence-corrected chi connectivity index (χ0v) is 22.5. The highest BCUT2D eigenvalue weighted by Gasteiger charge is 2.22. The van der Waals surface area contributed by atoms with E-state index in [1.807, 2.05) is 30.5 Å². The number of halogens is 1. The van der Waals surface area contributed by atoms with Crippen molar-refractivity contribution in [1.82, 2.24) is 24.5 Å². The maximum absolute atomic E-state index is 12.5. The van der Waals surface area contributed by atoms with Crippen LogP contribution in [-0.2, 0) is 6.42 Å². The highest BCUT2D eigenvalue weighted by molar-refractivity contribution is 7.18. The van der Waals surface area contributed by atoms with Crippen molar-refractivity contribution < 1.29 is 4.79 Å². The Kier molecular flexibility index (Phi) is 7.55. The summed E-state index contributed by atoms with van der Waals surface area (Å²) in [5.41, 5.74) is 3.36. The smallest absolute Gasteiger partial charge is 0.255 e. The monoisotopic (exact) mass is 536 g/mol. The number of piperazine rings is 1. The van der Waals surface area contributed by atoms with Gasteiger partial charge in [-0.1, -0.05) is 22.9 Å². The van der Waals surface area contributed by atoms with Crippen molar-refractivity contribution in [3.63, 3.8) is 0 Å². The number of nitrogens with zero attached hydrogens (tertiary/aromatic N) is 6. The summed E-state index contributed by atoms with van der Waals surface area (Å²) in [7, 11) is 0. The minimum absolute atomic E-state index is 0.0489. The Morgan fingerprint density at radius 1 is 1.05 bits per heavy atom. The maximum atomic E-state index is 12.5. The summed E-state index contributed by atoms with van der Waals surface area (Å²) in [5, 5.41) is 8.73. The van der Waals surface area contributed by atoms with Crippen molar-refractivity contribution in [2.45, 2.75) is 32.7 Å². The van der Waals surface area contributed by atoms with Gasteiger partial charge in [0.1, 0.15) is 0 Å². The number of Topliss-reactive ketones (excluding diaryl/α,β-unsaturated/α-hetero) is 1. The van der Waals surface area contributed by atoms with Crippen LogP contribution in [0.5, 0.6) is 0 Å². The average Bonchev–Trinajstić information content (AvgIpc) is 3.56. The highest BCUT2D eigenvalue weighted by atomic mass is 35.5. The van der Waals surface area contributed by atoms with E-state index in [1.165, 1.54) is 11.3 Å². The average molecular weight is 537 g/mol. The van der Waals surface area contributed by atoms with Crippen LogP contribution in [0.3, 0.4) is 0 Å². The number of carbonyl (C=O) groups excluding carboxylic acids is 1. The molecule has 192 valence electrons. The van der Waals surface area contributed by atoms with E-state index in [2.05, 4.69) is 34.0 Å². The van der Waals surface area contributed by atoms with Crippen LogP contribution in [0.25, 0.3) is 11.4 Å². The Morgan fingerprint density at radius 2 is 1.86 bits per heavy atom. The van der Waals surface area contributed by atoms with Crippen molar-refractivity contribution >= 4 is 34.4 Å². The van der Waals surface area contributed by atoms with E-state index in [4.69, 9.17) is 11.6 Å². The van der Waals surface area contributed by atoms with Gasteiger partial charge in [0, 0.05) is 57.3 Å². The van der Waals surface area contributed by atoms with Gasteiger partial charge in [-0.3, -0.25) is 19.1 Å². The van der Waals surface area contributed by atoms with Crippen LogP contribution in [0.15, 0.2) is 65.7 Å². The van der Waals surface area contributed by atoms with E-state index in [9.17, 15) is 9.59 Å². The lowest BCUT2D eigenvalue weighted by molar-refractivity contribution is 0.0986. The summed E-state index contributed by atoms with van der Waals surface area (Å²) in [6.45, 7) is 8.11. The number of rotatable bonds is 8. The molecule has 0 unspecified atom stereocenters. The van der Waals surface area contributed by atoms with E-state index in [1.54, 1.807) is 39.7 Å². The topological polar surface area (TPSA) is 76.3 Å². The first-order valence-corrected chi connectivity index (χ1v) is 13.6. The Bertz CT molecular complexity index is 1450. The third kappa shape index (κ3) is 5.69. The molecule has 3 aromatic heterocycles. The molecule has 1 aliphatic heterocycles. The fraction of sp³-hybridized carbons (Fsp3) is 0.333. The van der Waals surface area contributed by atoms with Gasteiger partial charge in [-0.2, -0.15) is 0 Å². The van der Waals surface area contributed by atoms with Crippen molar-refractivity contribution in [2.24, 2.45) is 0 Å². The third-order valence-electron chi connectivity index (χ3n) is 6.69. The van der Waals surface area contributed by atoms with Gasteiger partial charge in [0.2, 0.25) is 0 Å². The number of anilines is 1. The predicted molar refractivity (Wildman–Crippen MR) is 148 cm³/mol. The molecule has 1 aromatic carbocycles. The molecule has 8 nitrogen and oxygen atoms in total. The van der Waals surface area contributed by atoms with E-state index in [0.29, 0.717) is 28.1 Å². The van der Waals surface area contributed by atoms with Crippen LogP contribution in [0.1, 0.15) is 35.6 Å². The number of thiophene rings is 1. The first-order valence-electron chi connectivity index (χ1n) is 12.4. The Balaban J connectivity index is 1.42. The van der Waals surface area contributed by atoms with Crippen LogP contribution in [0.2, 0.25) is 4.34 Å². The zero-order valence-electron chi connectivity index (χ0n) is 20.9. The molecule has 1 aliphatic rings. The molecule has 37 heavy (non-hydrogen) atoms. The van der Waals surface area contributed by atoms with Gasteiger partial charge in [0.05, 0.1) is 38.2 Å². The summed E-state index contributed by atoms with van der Waals surface area (Å²) < 4.78 is 4.02. The van der Waals surface area contributed by atoms with E-state index in [-0.39, 0.29) is 11.3 Å². The van der Waals surface area contributed by atoms with E-state index < -0.39 is 0 Å². The van der Waals surface area contributed by atoms with Gasteiger partial charge in [0.15, 0.2) is 5.78 Å². The van der Waals surface area contributed by atoms with Gasteiger partial charge in [-0.15, -0.1) is 16.4 Å². The molecule has 0 bridgehead atoms. The molecule has 1 fully saturated rings. The fourth-order valence-corrected chi connectivity index (χ4v) is 5.60. The van der Waals surface area contributed by atoms with Crippen molar-refractivity contribution in [1.29, 1.82) is 0 Å². The predicted octanol–water partition coefficient (Wildman–Crippen LogP) is 4.48. The Hall–Kier alpha value is -3.27. The van der Waals surface area contributed by atoms with Gasteiger partial charge in [-0.25, -0.2) is 4.68 Å².